The first-order valence-electron chi connectivity index (χ1n) is 3.67. The molecule has 4 heteroatoms. The van der Waals surface area contributed by atoms with E-state index in [1.54, 1.807) is 24.3 Å². The van der Waals surface area contributed by atoms with Crippen molar-refractivity contribution >= 4 is 11.6 Å². The van der Waals surface area contributed by atoms with Crippen LogP contribution in [0.25, 0.3) is 0 Å². The van der Waals surface area contributed by atoms with Gasteiger partial charge >= 0.3 is 6.08 Å². The van der Waals surface area contributed by atoms with Crippen molar-refractivity contribution in [2.45, 2.75) is 0 Å². The molecule has 3 nitrogen and oxygen atoms in total. The zero-order chi connectivity index (χ0) is 9.10. The standard InChI is InChI=1S/C9H6ClNO2/c10-7-1-3-8(4-2-7)13-9-11-5-6-12-9/h1-6H. The van der Waals surface area contributed by atoms with Crippen molar-refractivity contribution in [1.29, 1.82) is 0 Å². The first-order chi connectivity index (χ1) is 6.34. The number of halogens is 1. The van der Waals surface area contributed by atoms with Gasteiger partial charge in [-0.05, 0) is 24.3 Å². The molecule has 0 saturated carbocycles. The van der Waals surface area contributed by atoms with Crippen molar-refractivity contribution < 1.29 is 9.15 Å². The van der Waals surface area contributed by atoms with Gasteiger partial charge in [0.05, 0.1) is 6.20 Å². The molecule has 66 valence electrons. The van der Waals surface area contributed by atoms with Gasteiger partial charge in [0.15, 0.2) is 0 Å². The quantitative estimate of drug-likeness (QED) is 0.739. The summed E-state index contributed by atoms with van der Waals surface area (Å²) in [6.45, 7) is 0. The highest BCUT2D eigenvalue weighted by Gasteiger charge is 1.99. The van der Waals surface area contributed by atoms with E-state index in [-0.39, 0.29) is 6.08 Å². The van der Waals surface area contributed by atoms with E-state index in [9.17, 15) is 0 Å². The molecular formula is C9H6ClNO2. The summed E-state index contributed by atoms with van der Waals surface area (Å²) in [5, 5.41) is 0.666. The zero-order valence-corrected chi connectivity index (χ0v) is 7.36. The van der Waals surface area contributed by atoms with E-state index in [2.05, 4.69) is 4.98 Å². The van der Waals surface area contributed by atoms with Crippen molar-refractivity contribution in [2.24, 2.45) is 0 Å². The highest BCUT2D eigenvalue weighted by molar-refractivity contribution is 6.30. The minimum atomic E-state index is 0.224. The Labute approximate surface area is 79.9 Å². The van der Waals surface area contributed by atoms with Gasteiger partial charge in [0, 0.05) is 5.02 Å². The predicted molar refractivity (Wildman–Crippen MR) is 48.0 cm³/mol. The Morgan fingerprint density at radius 2 is 2.00 bits per heavy atom. The Bertz CT molecular complexity index is 369. The fraction of sp³-hybridized carbons (Fsp3) is 0. The van der Waals surface area contributed by atoms with E-state index < -0.39 is 0 Å². The lowest BCUT2D eigenvalue weighted by molar-refractivity contribution is 0.331. The van der Waals surface area contributed by atoms with Crippen molar-refractivity contribution in [1.82, 2.24) is 4.98 Å². The average Bonchev–Trinajstić information content (AvgIpc) is 2.62. The second-order valence-electron chi connectivity index (χ2n) is 2.35. The van der Waals surface area contributed by atoms with Crippen LogP contribution in [0.15, 0.2) is 41.1 Å². The highest BCUT2D eigenvalue weighted by atomic mass is 35.5. The van der Waals surface area contributed by atoms with Crippen molar-refractivity contribution in [3.8, 4) is 11.8 Å². The maximum atomic E-state index is 5.70. The van der Waals surface area contributed by atoms with E-state index in [0.29, 0.717) is 10.8 Å². The monoisotopic (exact) mass is 195 g/mol. The topological polar surface area (TPSA) is 35.3 Å². The molecule has 0 amide bonds. The van der Waals surface area contributed by atoms with E-state index in [0.717, 1.165) is 0 Å². The van der Waals surface area contributed by atoms with Gasteiger partial charge in [-0.2, -0.15) is 4.98 Å². The van der Waals surface area contributed by atoms with Gasteiger partial charge in [-0.1, -0.05) is 11.6 Å². The van der Waals surface area contributed by atoms with Crippen LogP contribution in [0.2, 0.25) is 5.02 Å². The maximum absolute atomic E-state index is 5.70. The van der Waals surface area contributed by atoms with E-state index in [1.807, 2.05) is 0 Å². The van der Waals surface area contributed by atoms with Gasteiger partial charge in [0.1, 0.15) is 12.0 Å². The molecule has 2 aromatic rings. The van der Waals surface area contributed by atoms with E-state index >= 15 is 0 Å². The molecule has 0 aliphatic carbocycles. The van der Waals surface area contributed by atoms with Crippen LogP contribution in [-0.2, 0) is 0 Å². The second kappa shape index (κ2) is 3.49. The minimum absolute atomic E-state index is 0.224. The normalized spacial score (nSPS) is 9.92. The van der Waals surface area contributed by atoms with Crippen LogP contribution >= 0.6 is 11.6 Å². The molecule has 1 aromatic carbocycles. The van der Waals surface area contributed by atoms with Gasteiger partial charge < -0.3 is 9.15 Å². The average molecular weight is 196 g/mol. The Morgan fingerprint density at radius 3 is 2.62 bits per heavy atom. The third-order valence-corrected chi connectivity index (χ3v) is 1.68. The molecule has 0 saturated heterocycles. The third-order valence-electron chi connectivity index (χ3n) is 1.43. The maximum Gasteiger partial charge on any atom is 0.399 e. The Kier molecular flexibility index (Phi) is 2.19. The molecule has 0 unspecified atom stereocenters. The van der Waals surface area contributed by atoms with Crippen LogP contribution < -0.4 is 4.74 Å². The van der Waals surface area contributed by atoms with Crippen LogP contribution in [0.1, 0.15) is 0 Å². The van der Waals surface area contributed by atoms with Crippen LogP contribution in [0, 0.1) is 0 Å². The molecule has 0 aliphatic rings. The van der Waals surface area contributed by atoms with Crippen LogP contribution in [-0.4, -0.2) is 4.98 Å². The molecule has 0 spiro atoms. The molecule has 0 fully saturated rings. The largest absolute Gasteiger partial charge is 0.417 e. The lowest BCUT2D eigenvalue weighted by atomic mass is 10.3. The number of rotatable bonds is 2. The summed E-state index contributed by atoms with van der Waals surface area (Å²) in [6, 6.07) is 6.96. The minimum Gasteiger partial charge on any atom is -0.417 e. The van der Waals surface area contributed by atoms with Crippen LogP contribution in [0.3, 0.4) is 0 Å². The number of ether oxygens (including phenoxy) is 1. The van der Waals surface area contributed by atoms with Crippen molar-refractivity contribution in [3.05, 3.63) is 41.7 Å². The Morgan fingerprint density at radius 1 is 1.23 bits per heavy atom. The van der Waals surface area contributed by atoms with Gasteiger partial charge in [0.2, 0.25) is 0 Å². The van der Waals surface area contributed by atoms with Crippen molar-refractivity contribution in [3.63, 3.8) is 0 Å². The fourth-order valence-electron chi connectivity index (χ4n) is 0.864. The molecule has 1 aromatic heterocycles. The smallest absolute Gasteiger partial charge is 0.399 e. The predicted octanol–water partition coefficient (Wildman–Crippen LogP) is 3.12. The van der Waals surface area contributed by atoms with Crippen LogP contribution in [0.4, 0.5) is 0 Å². The molecule has 2 rings (SSSR count). The molecule has 0 radical (unpaired) electrons. The van der Waals surface area contributed by atoms with E-state index in [1.165, 1.54) is 12.5 Å². The lowest BCUT2D eigenvalue weighted by Gasteiger charge is -1.98. The number of benzene rings is 1. The fourth-order valence-corrected chi connectivity index (χ4v) is 0.990. The zero-order valence-electron chi connectivity index (χ0n) is 6.61. The Balaban J connectivity index is 2.15. The van der Waals surface area contributed by atoms with Gasteiger partial charge in [-0.15, -0.1) is 0 Å². The molecule has 0 bridgehead atoms. The molecule has 0 N–H and O–H groups in total. The summed E-state index contributed by atoms with van der Waals surface area (Å²) < 4.78 is 10.1. The van der Waals surface area contributed by atoms with Gasteiger partial charge in [-0.25, -0.2) is 0 Å². The van der Waals surface area contributed by atoms with Gasteiger partial charge in [-0.3, -0.25) is 0 Å². The summed E-state index contributed by atoms with van der Waals surface area (Å²) in [5.41, 5.74) is 0. The van der Waals surface area contributed by atoms with Crippen LogP contribution in [0.5, 0.6) is 11.8 Å². The molecular weight excluding hydrogens is 190 g/mol. The molecule has 0 aliphatic heterocycles. The number of hydrogen-bond acceptors (Lipinski definition) is 3. The number of hydrogen-bond donors (Lipinski definition) is 0. The number of oxazole rings is 1. The Hall–Kier alpha value is -1.48. The first-order valence-corrected chi connectivity index (χ1v) is 4.05. The number of nitrogens with zero attached hydrogens (tertiary/aromatic N) is 1. The first kappa shape index (κ1) is 8.13. The summed E-state index contributed by atoms with van der Waals surface area (Å²) in [4.78, 5) is 3.81. The summed E-state index contributed by atoms with van der Waals surface area (Å²) >= 11 is 5.70. The summed E-state index contributed by atoms with van der Waals surface area (Å²) in [5.74, 6) is 0.645. The third kappa shape index (κ3) is 2.00. The summed E-state index contributed by atoms with van der Waals surface area (Å²) in [7, 11) is 0. The molecule has 0 atom stereocenters. The van der Waals surface area contributed by atoms with E-state index in [4.69, 9.17) is 20.8 Å². The SMILES string of the molecule is Clc1ccc(Oc2ncco2)cc1. The highest BCUT2D eigenvalue weighted by Crippen LogP contribution is 2.20. The number of aromatic nitrogens is 1. The van der Waals surface area contributed by atoms with Crippen molar-refractivity contribution in [2.75, 3.05) is 0 Å². The second-order valence-corrected chi connectivity index (χ2v) is 2.79. The molecule has 13 heavy (non-hydrogen) atoms. The van der Waals surface area contributed by atoms with Gasteiger partial charge in [0.25, 0.3) is 0 Å². The summed E-state index contributed by atoms with van der Waals surface area (Å²) in [6.07, 6.45) is 3.19. The molecule has 1 heterocycles. The lowest BCUT2D eigenvalue weighted by Crippen LogP contribution is -1.82.